The molecule has 0 atom stereocenters. The van der Waals surface area contributed by atoms with Crippen LogP contribution in [0.1, 0.15) is 22.8 Å². The third kappa shape index (κ3) is 4.16. The molecule has 3 nitrogen and oxygen atoms in total. The Labute approximate surface area is 125 Å². The number of carbonyl (C=O) groups excluding carboxylic acids is 1. The summed E-state index contributed by atoms with van der Waals surface area (Å²) in [5, 5.41) is 8.70. The van der Waals surface area contributed by atoms with Gasteiger partial charge in [0.25, 0.3) is 0 Å². The van der Waals surface area contributed by atoms with Crippen molar-refractivity contribution in [2.24, 2.45) is 0 Å². The van der Waals surface area contributed by atoms with Crippen molar-refractivity contribution in [3.8, 4) is 0 Å². The molecule has 2 aromatic rings. The summed E-state index contributed by atoms with van der Waals surface area (Å²) in [6.07, 6.45) is -0.0351. The van der Waals surface area contributed by atoms with Gasteiger partial charge in [0, 0.05) is 15.4 Å². The third-order valence-electron chi connectivity index (χ3n) is 2.84. The summed E-state index contributed by atoms with van der Waals surface area (Å²) in [4.78, 5) is 23.0. The molecule has 0 spiro atoms. The van der Waals surface area contributed by atoms with E-state index in [1.807, 2.05) is 0 Å². The van der Waals surface area contributed by atoms with E-state index in [4.69, 9.17) is 5.11 Å². The van der Waals surface area contributed by atoms with Gasteiger partial charge in [-0.2, -0.15) is 0 Å². The van der Waals surface area contributed by atoms with E-state index in [2.05, 4.69) is 0 Å². The number of carbonyl (C=O) groups is 2. The van der Waals surface area contributed by atoms with E-state index in [-0.39, 0.29) is 12.2 Å². The minimum absolute atomic E-state index is 0.0351. The Kier molecular flexibility index (Phi) is 4.75. The molecule has 108 valence electrons. The van der Waals surface area contributed by atoms with Gasteiger partial charge in [-0.1, -0.05) is 30.0 Å². The number of carboxylic acid groups (broad SMARTS) is 1. The van der Waals surface area contributed by atoms with Crippen LogP contribution in [-0.2, 0) is 11.2 Å². The molecule has 0 aromatic heterocycles. The van der Waals surface area contributed by atoms with Crippen LogP contribution < -0.4 is 0 Å². The predicted octanol–water partition coefficient (Wildman–Crippen LogP) is 3.81. The second kappa shape index (κ2) is 6.54. The van der Waals surface area contributed by atoms with Gasteiger partial charge in [0.2, 0.25) is 0 Å². The van der Waals surface area contributed by atoms with Gasteiger partial charge < -0.3 is 5.11 Å². The van der Waals surface area contributed by atoms with E-state index in [9.17, 15) is 14.0 Å². The molecule has 0 fully saturated rings. The molecule has 0 aliphatic rings. The van der Waals surface area contributed by atoms with Crippen molar-refractivity contribution >= 4 is 23.5 Å². The zero-order valence-corrected chi connectivity index (χ0v) is 12.1. The topological polar surface area (TPSA) is 54.4 Å². The van der Waals surface area contributed by atoms with Gasteiger partial charge in [0.15, 0.2) is 5.78 Å². The number of benzene rings is 2. The second-order valence-corrected chi connectivity index (χ2v) is 5.63. The molecular formula is C16H13FO3S. The number of aliphatic carboxylic acids is 1. The molecule has 2 rings (SSSR count). The lowest BCUT2D eigenvalue weighted by Crippen LogP contribution is -1.99. The molecule has 0 radical (unpaired) electrons. The zero-order chi connectivity index (χ0) is 15.4. The molecule has 0 saturated carbocycles. The lowest BCUT2D eigenvalue weighted by Gasteiger charge is -2.05. The Morgan fingerprint density at radius 3 is 2.33 bits per heavy atom. The standard InChI is InChI=1S/C16H13FO3S/c1-10(18)12-4-7-15(14(17)9-12)21-13-5-2-11(3-6-13)8-16(19)20/h2-7,9H,8H2,1H3,(H,19,20). The Hall–Kier alpha value is -2.14. The molecule has 21 heavy (non-hydrogen) atoms. The molecule has 1 N–H and O–H groups in total. The fraction of sp³-hybridized carbons (Fsp3) is 0.125. The number of Topliss-reactive ketones (excluding diaryl/α,β-unsaturated/α-hetero) is 1. The summed E-state index contributed by atoms with van der Waals surface area (Å²) in [5.74, 6) is -1.51. The van der Waals surface area contributed by atoms with Crippen LogP contribution in [0.25, 0.3) is 0 Å². The van der Waals surface area contributed by atoms with Crippen molar-refractivity contribution in [3.63, 3.8) is 0 Å². The van der Waals surface area contributed by atoms with Crippen molar-refractivity contribution < 1.29 is 19.1 Å². The lowest BCUT2D eigenvalue weighted by atomic mass is 10.1. The molecule has 0 saturated heterocycles. The Bertz CT molecular complexity index is 680. The molecule has 0 aliphatic carbocycles. The largest absolute Gasteiger partial charge is 0.481 e. The quantitative estimate of drug-likeness (QED) is 0.854. The fourth-order valence-electron chi connectivity index (χ4n) is 1.78. The van der Waals surface area contributed by atoms with Gasteiger partial charge in [-0.3, -0.25) is 9.59 Å². The van der Waals surface area contributed by atoms with Crippen LogP contribution in [0.15, 0.2) is 52.3 Å². The van der Waals surface area contributed by atoms with Gasteiger partial charge in [-0.25, -0.2) is 4.39 Å². The molecule has 0 heterocycles. The first-order valence-corrected chi connectivity index (χ1v) is 7.06. The molecule has 0 bridgehead atoms. The maximum Gasteiger partial charge on any atom is 0.307 e. The van der Waals surface area contributed by atoms with E-state index >= 15 is 0 Å². The highest BCUT2D eigenvalue weighted by atomic mass is 32.2. The average molecular weight is 304 g/mol. The van der Waals surface area contributed by atoms with Crippen LogP contribution in [0, 0.1) is 5.82 Å². The highest BCUT2D eigenvalue weighted by molar-refractivity contribution is 7.99. The van der Waals surface area contributed by atoms with E-state index in [0.29, 0.717) is 16.0 Å². The van der Waals surface area contributed by atoms with E-state index in [0.717, 1.165) is 4.90 Å². The van der Waals surface area contributed by atoms with Gasteiger partial charge in [-0.05, 0) is 36.8 Å². The maximum absolute atomic E-state index is 13.9. The molecule has 0 unspecified atom stereocenters. The van der Waals surface area contributed by atoms with Gasteiger partial charge in [-0.15, -0.1) is 0 Å². The van der Waals surface area contributed by atoms with Crippen molar-refractivity contribution in [3.05, 3.63) is 59.4 Å². The number of ketones is 1. The predicted molar refractivity (Wildman–Crippen MR) is 78.3 cm³/mol. The molecule has 0 amide bonds. The average Bonchev–Trinajstić information content (AvgIpc) is 2.42. The van der Waals surface area contributed by atoms with Crippen molar-refractivity contribution in [2.75, 3.05) is 0 Å². The summed E-state index contributed by atoms with van der Waals surface area (Å²) in [6.45, 7) is 1.39. The van der Waals surface area contributed by atoms with Crippen LogP contribution in [0.5, 0.6) is 0 Å². The highest BCUT2D eigenvalue weighted by Gasteiger charge is 2.08. The van der Waals surface area contributed by atoms with Gasteiger partial charge >= 0.3 is 5.97 Å². The minimum atomic E-state index is -0.888. The van der Waals surface area contributed by atoms with Crippen LogP contribution in [0.2, 0.25) is 0 Å². The minimum Gasteiger partial charge on any atom is -0.481 e. The van der Waals surface area contributed by atoms with Crippen LogP contribution in [0.3, 0.4) is 0 Å². The molecule has 0 aliphatic heterocycles. The SMILES string of the molecule is CC(=O)c1ccc(Sc2ccc(CC(=O)O)cc2)c(F)c1. The first-order valence-electron chi connectivity index (χ1n) is 6.25. The molecule has 5 heteroatoms. The van der Waals surface area contributed by atoms with E-state index in [1.54, 1.807) is 36.4 Å². The Morgan fingerprint density at radius 2 is 1.81 bits per heavy atom. The number of rotatable bonds is 5. The Balaban J connectivity index is 2.14. The van der Waals surface area contributed by atoms with Crippen molar-refractivity contribution in [1.29, 1.82) is 0 Å². The smallest absolute Gasteiger partial charge is 0.307 e. The van der Waals surface area contributed by atoms with Crippen molar-refractivity contribution in [2.45, 2.75) is 23.1 Å². The normalized spacial score (nSPS) is 10.4. The number of hydrogen-bond donors (Lipinski definition) is 1. The zero-order valence-electron chi connectivity index (χ0n) is 11.3. The monoisotopic (exact) mass is 304 g/mol. The summed E-state index contributed by atoms with van der Waals surface area (Å²) in [5.41, 5.74) is 1.04. The number of carboxylic acids is 1. The van der Waals surface area contributed by atoms with Crippen LogP contribution in [-0.4, -0.2) is 16.9 Å². The van der Waals surface area contributed by atoms with Gasteiger partial charge in [0.1, 0.15) is 5.82 Å². The Morgan fingerprint density at radius 1 is 1.14 bits per heavy atom. The molecular weight excluding hydrogens is 291 g/mol. The summed E-state index contributed by atoms with van der Waals surface area (Å²) < 4.78 is 13.9. The second-order valence-electron chi connectivity index (χ2n) is 4.52. The van der Waals surface area contributed by atoms with Crippen LogP contribution in [0.4, 0.5) is 4.39 Å². The highest BCUT2D eigenvalue weighted by Crippen LogP contribution is 2.30. The molecule has 2 aromatic carbocycles. The van der Waals surface area contributed by atoms with Crippen molar-refractivity contribution in [1.82, 2.24) is 0 Å². The van der Waals surface area contributed by atoms with E-state index < -0.39 is 11.8 Å². The maximum atomic E-state index is 13.9. The number of hydrogen-bond acceptors (Lipinski definition) is 3. The first kappa shape index (κ1) is 15.3. The third-order valence-corrected chi connectivity index (χ3v) is 3.90. The number of halogens is 1. The fourth-order valence-corrected chi connectivity index (χ4v) is 2.60. The summed E-state index contributed by atoms with van der Waals surface area (Å²) in [6, 6.07) is 11.3. The first-order chi connectivity index (χ1) is 9.95. The lowest BCUT2D eigenvalue weighted by molar-refractivity contribution is -0.136. The van der Waals surface area contributed by atoms with Gasteiger partial charge in [0.05, 0.1) is 6.42 Å². The van der Waals surface area contributed by atoms with E-state index in [1.165, 1.54) is 24.8 Å². The summed E-state index contributed by atoms with van der Waals surface area (Å²) >= 11 is 1.23. The summed E-state index contributed by atoms with van der Waals surface area (Å²) in [7, 11) is 0. The van der Waals surface area contributed by atoms with Crippen LogP contribution >= 0.6 is 11.8 Å².